The van der Waals surface area contributed by atoms with Gasteiger partial charge in [-0.3, -0.25) is 4.90 Å². The highest BCUT2D eigenvalue weighted by molar-refractivity contribution is 5.43. The molecule has 1 aliphatic carbocycles. The average molecular weight is 326 g/mol. The van der Waals surface area contributed by atoms with Crippen molar-refractivity contribution in [1.29, 1.82) is 0 Å². The van der Waals surface area contributed by atoms with Crippen LogP contribution in [0, 0.1) is 5.92 Å². The molecule has 4 rings (SSSR count). The van der Waals surface area contributed by atoms with Gasteiger partial charge in [0, 0.05) is 51.2 Å². The molecule has 0 N–H and O–H groups in total. The van der Waals surface area contributed by atoms with Crippen LogP contribution in [0.4, 0.5) is 5.82 Å². The number of nitrogens with zero attached hydrogens (tertiary/aromatic N) is 6. The summed E-state index contributed by atoms with van der Waals surface area (Å²) >= 11 is 0. The molecule has 2 aliphatic rings. The van der Waals surface area contributed by atoms with Crippen molar-refractivity contribution < 1.29 is 0 Å². The van der Waals surface area contributed by atoms with Crippen LogP contribution in [-0.4, -0.2) is 57.4 Å². The minimum absolute atomic E-state index is 0.828. The van der Waals surface area contributed by atoms with Gasteiger partial charge in [-0.2, -0.15) is 5.10 Å². The molecule has 0 bridgehead atoms. The number of hydrogen-bond donors (Lipinski definition) is 0. The van der Waals surface area contributed by atoms with Crippen LogP contribution < -0.4 is 4.90 Å². The molecule has 6 heteroatoms. The van der Waals surface area contributed by atoms with E-state index in [0.717, 1.165) is 43.7 Å². The Balaban J connectivity index is 1.35. The van der Waals surface area contributed by atoms with Crippen LogP contribution in [0.15, 0.2) is 30.9 Å². The lowest BCUT2D eigenvalue weighted by Gasteiger charge is -2.37. The number of hydrogen-bond acceptors (Lipinski definition) is 5. The van der Waals surface area contributed by atoms with Crippen molar-refractivity contribution in [2.75, 3.05) is 37.6 Å². The molecule has 2 fully saturated rings. The summed E-state index contributed by atoms with van der Waals surface area (Å²) in [6, 6.07) is 3.94. The topological polar surface area (TPSA) is 50.1 Å². The predicted octanol–water partition coefficient (Wildman–Crippen LogP) is 2.36. The normalized spacial score (nSPS) is 20.4. The molecule has 24 heavy (non-hydrogen) atoms. The Hall–Kier alpha value is -1.95. The SMILES string of the molecule is c1cnn(-c2cc(N3CCN(CC4CCCCC4)CC3)ncn2)c1. The van der Waals surface area contributed by atoms with Gasteiger partial charge in [-0.1, -0.05) is 19.3 Å². The summed E-state index contributed by atoms with van der Waals surface area (Å²) in [5.41, 5.74) is 0. The molecular formula is C18H26N6. The lowest BCUT2D eigenvalue weighted by atomic mass is 9.89. The van der Waals surface area contributed by atoms with E-state index >= 15 is 0 Å². The molecule has 2 aromatic heterocycles. The molecule has 0 atom stereocenters. The van der Waals surface area contributed by atoms with E-state index in [4.69, 9.17) is 0 Å². The summed E-state index contributed by atoms with van der Waals surface area (Å²) in [7, 11) is 0. The van der Waals surface area contributed by atoms with Crippen LogP contribution in [0.5, 0.6) is 0 Å². The molecule has 128 valence electrons. The van der Waals surface area contributed by atoms with Gasteiger partial charge in [0.25, 0.3) is 0 Å². The molecular weight excluding hydrogens is 300 g/mol. The Morgan fingerprint density at radius 1 is 0.958 bits per heavy atom. The number of piperazine rings is 1. The first kappa shape index (κ1) is 15.6. The van der Waals surface area contributed by atoms with Gasteiger partial charge < -0.3 is 4.90 Å². The fraction of sp³-hybridized carbons (Fsp3) is 0.611. The van der Waals surface area contributed by atoms with Crippen LogP contribution in [0.25, 0.3) is 5.82 Å². The lowest BCUT2D eigenvalue weighted by Crippen LogP contribution is -2.48. The third-order valence-electron chi connectivity index (χ3n) is 5.31. The summed E-state index contributed by atoms with van der Waals surface area (Å²) in [6.45, 7) is 5.65. The summed E-state index contributed by atoms with van der Waals surface area (Å²) in [5.74, 6) is 2.76. The van der Waals surface area contributed by atoms with Gasteiger partial charge in [0.1, 0.15) is 12.1 Å². The van der Waals surface area contributed by atoms with Crippen LogP contribution in [0.3, 0.4) is 0 Å². The first-order chi connectivity index (χ1) is 11.9. The van der Waals surface area contributed by atoms with Gasteiger partial charge >= 0.3 is 0 Å². The van der Waals surface area contributed by atoms with Crippen molar-refractivity contribution in [2.45, 2.75) is 32.1 Å². The van der Waals surface area contributed by atoms with Crippen molar-refractivity contribution in [3.05, 3.63) is 30.9 Å². The Kier molecular flexibility index (Phi) is 4.74. The van der Waals surface area contributed by atoms with E-state index in [-0.39, 0.29) is 0 Å². The molecule has 3 heterocycles. The zero-order chi connectivity index (χ0) is 16.2. The maximum Gasteiger partial charge on any atom is 0.158 e. The molecule has 0 radical (unpaired) electrons. The molecule has 1 saturated heterocycles. The standard InChI is InChI=1S/C18H26N6/c1-2-5-16(6-3-1)14-22-9-11-23(12-10-22)17-13-18(20-15-19-17)24-8-4-7-21-24/h4,7-8,13,15-16H,1-3,5-6,9-12,14H2. The van der Waals surface area contributed by atoms with Gasteiger partial charge in [-0.25, -0.2) is 14.6 Å². The third kappa shape index (κ3) is 3.59. The van der Waals surface area contributed by atoms with E-state index < -0.39 is 0 Å². The largest absolute Gasteiger partial charge is 0.354 e. The zero-order valence-corrected chi connectivity index (χ0v) is 14.2. The highest BCUT2D eigenvalue weighted by Gasteiger charge is 2.22. The minimum atomic E-state index is 0.828. The molecule has 6 nitrogen and oxygen atoms in total. The van der Waals surface area contributed by atoms with E-state index in [0.29, 0.717) is 0 Å². The van der Waals surface area contributed by atoms with Crippen molar-refractivity contribution in [3.63, 3.8) is 0 Å². The van der Waals surface area contributed by atoms with Crippen LogP contribution >= 0.6 is 0 Å². The van der Waals surface area contributed by atoms with Crippen LogP contribution in [-0.2, 0) is 0 Å². The quantitative estimate of drug-likeness (QED) is 0.863. The number of rotatable bonds is 4. The molecule has 0 spiro atoms. The van der Waals surface area contributed by atoms with Crippen molar-refractivity contribution in [2.24, 2.45) is 5.92 Å². The zero-order valence-electron chi connectivity index (χ0n) is 14.2. The third-order valence-corrected chi connectivity index (χ3v) is 5.31. The summed E-state index contributed by atoms with van der Waals surface area (Å²) < 4.78 is 1.78. The van der Waals surface area contributed by atoms with Crippen LogP contribution in [0.2, 0.25) is 0 Å². The Bertz CT molecular complexity index is 627. The summed E-state index contributed by atoms with van der Waals surface area (Å²) in [4.78, 5) is 13.8. The molecule has 0 unspecified atom stereocenters. The monoisotopic (exact) mass is 326 g/mol. The van der Waals surface area contributed by atoms with Gasteiger partial charge in [0.2, 0.25) is 0 Å². The maximum absolute atomic E-state index is 4.47. The molecule has 2 aromatic rings. The molecule has 0 aromatic carbocycles. The van der Waals surface area contributed by atoms with Crippen molar-refractivity contribution >= 4 is 5.82 Å². The number of aromatic nitrogens is 4. The van der Waals surface area contributed by atoms with Gasteiger partial charge in [0.05, 0.1) is 0 Å². The fourth-order valence-corrected chi connectivity index (χ4v) is 3.93. The molecule has 0 amide bonds. The second-order valence-electron chi connectivity index (χ2n) is 6.98. The van der Waals surface area contributed by atoms with Gasteiger partial charge in [-0.15, -0.1) is 0 Å². The molecule has 1 saturated carbocycles. The first-order valence-corrected chi connectivity index (χ1v) is 9.18. The number of anilines is 1. The van der Waals surface area contributed by atoms with Gasteiger partial charge in [0.15, 0.2) is 5.82 Å². The van der Waals surface area contributed by atoms with E-state index in [1.807, 2.05) is 18.3 Å². The highest BCUT2D eigenvalue weighted by atomic mass is 15.3. The first-order valence-electron chi connectivity index (χ1n) is 9.18. The summed E-state index contributed by atoms with van der Waals surface area (Å²) in [5, 5.41) is 4.25. The highest BCUT2D eigenvalue weighted by Crippen LogP contribution is 2.25. The Morgan fingerprint density at radius 2 is 1.75 bits per heavy atom. The predicted molar refractivity (Wildman–Crippen MR) is 94.4 cm³/mol. The van der Waals surface area contributed by atoms with Gasteiger partial charge in [-0.05, 0) is 24.8 Å². The van der Waals surface area contributed by atoms with E-state index in [1.54, 1.807) is 17.2 Å². The van der Waals surface area contributed by atoms with Crippen molar-refractivity contribution in [3.8, 4) is 5.82 Å². The lowest BCUT2D eigenvalue weighted by molar-refractivity contribution is 0.191. The van der Waals surface area contributed by atoms with E-state index in [1.165, 1.54) is 38.6 Å². The Morgan fingerprint density at radius 3 is 2.50 bits per heavy atom. The van der Waals surface area contributed by atoms with E-state index in [9.17, 15) is 0 Å². The molecule has 1 aliphatic heterocycles. The smallest absolute Gasteiger partial charge is 0.158 e. The van der Waals surface area contributed by atoms with Crippen LogP contribution in [0.1, 0.15) is 32.1 Å². The minimum Gasteiger partial charge on any atom is -0.354 e. The average Bonchev–Trinajstić information content (AvgIpc) is 3.18. The van der Waals surface area contributed by atoms with Crippen molar-refractivity contribution in [1.82, 2.24) is 24.6 Å². The fourth-order valence-electron chi connectivity index (χ4n) is 3.93. The summed E-state index contributed by atoms with van der Waals surface area (Å²) in [6.07, 6.45) is 12.5. The van der Waals surface area contributed by atoms with E-state index in [2.05, 4.69) is 24.9 Å². The second kappa shape index (κ2) is 7.30. The second-order valence-corrected chi connectivity index (χ2v) is 6.98. The Labute approximate surface area is 143 Å². The maximum atomic E-state index is 4.47.